The van der Waals surface area contributed by atoms with Gasteiger partial charge in [-0.15, -0.1) is 0 Å². The highest BCUT2D eigenvalue weighted by molar-refractivity contribution is 6.30. The summed E-state index contributed by atoms with van der Waals surface area (Å²) >= 11 is 6.03. The van der Waals surface area contributed by atoms with Crippen LogP contribution in [0.1, 0.15) is 30.9 Å². The van der Waals surface area contributed by atoms with Crippen LogP contribution in [-0.2, 0) is 22.6 Å². The summed E-state index contributed by atoms with van der Waals surface area (Å²) in [5.74, 6) is 2.57. The number of rotatable bonds is 8. The summed E-state index contributed by atoms with van der Waals surface area (Å²) in [5, 5.41) is 6.56. The monoisotopic (exact) mass is 469 g/mol. The zero-order chi connectivity index (χ0) is 23.4. The van der Waals surface area contributed by atoms with Crippen LogP contribution in [0.5, 0.6) is 5.75 Å². The Kier molecular flexibility index (Phi) is 7.56. The number of hydrogen-bond acceptors (Lipinski definition) is 4. The Morgan fingerprint density at radius 3 is 2.64 bits per heavy atom. The van der Waals surface area contributed by atoms with Crippen molar-refractivity contribution >= 4 is 29.1 Å². The molecule has 7 heteroatoms. The summed E-state index contributed by atoms with van der Waals surface area (Å²) in [4.78, 5) is 26.3. The molecule has 2 fully saturated rings. The molecule has 1 saturated heterocycles. The quantitative estimate of drug-likeness (QED) is 0.610. The SMILES string of the molecule is COc1ccc(NC(C)=O)cc1CNC(=O)CN1C[C@H]2CC[C@H](Cc3ccc(Cl)cc3)[C@H]2C1. The van der Waals surface area contributed by atoms with Gasteiger partial charge in [-0.25, -0.2) is 0 Å². The maximum absolute atomic E-state index is 12.7. The van der Waals surface area contributed by atoms with E-state index >= 15 is 0 Å². The van der Waals surface area contributed by atoms with Crippen LogP contribution >= 0.6 is 11.6 Å². The fourth-order valence-electron chi connectivity index (χ4n) is 5.43. The third-order valence-electron chi connectivity index (χ3n) is 6.94. The Hall–Kier alpha value is -2.57. The van der Waals surface area contributed by atoms with Crippen LogP contribution < -0.4 is 15.4 Å². The number of fused-ring (bicyclic) bond motifs is 1. The first-order chi connectivity index (χ1) is 15.9. The number of carbonyl (C=O) groups is 2. The van der Waals surface area contributed by atoms with Crippen LogP contribution in [0.4, 0.5) is 5.69 Å². The van der Waals surface area contributed by atoms with E-state index in [2.05, 4.69) is 27.7 Å². The van der Waals surface area contributed by atoms with E-state index in [-0.39, 0.29) is 11.8 Å². The fraction of sp³-hybridized carbons (Fsp3) is 0.462. The molecule has 2 amide bonds. The van der Waals surface area contributed by atoms with E-state index in [0.717, 1.165) is 30.1 Å². The molecule has 3 atom stereocenters. The molecule has 176 valence electrons. The number of carbonyl (C=O) groups excluding carboxylic acids is 2. The number of amides is 2. The van der Waals surface area contributed by atoms with Crippen LogP contribution in [0.25, 0.3) is 0 Å². The molecule has 0 aromatic heterocycles. The van der Waals surface area contributed by atoms with Gasteiger partial charge in [0.15, 0.2) is 0 Å². The van der Waals surface area contributed by atoms with E-state index in [1.165, 1.54) is 25.3 Å². The van der Waals surface area contributed by atoms with Gasteiger partial charge in [-0.1, -0.05) is 23.7 Å². The number of benzene rings is 2. The van der Waals surface area contributed by atoms with E-state index in [9.17, 15) is 9.59 Å². The van der Waals surface area contributed by atoms with E-state index in [0.29, 0.717) is 42.3 Å². The van der Waals surface area contributed by atoms with Crippen LogP contribution in [0.15, 0.2) is 42.5 Å². The maximum Gasteiger partial charge on any atom is 0.234 e. The minimum Gasteiger partial charge on any atom is -0.496 e. The Morgan fingerprint density at radius 1 is 1.12 bits per heavy atom. The van der Waals surface area contributed by atoms with Gasteiger partial charge in [0.1, 0.15) is 5.75 Å². The molecule has 0 bridgehead atoms. The molecular weight excluding hydrogens is 438 g/mol. The number of methoxy groups -OCH3 is 1. The van der Waals surface area contributed by atoms with Gasteiger partial charge in [0.05, 0.1) is 13.7 Å². The van der Waals surface area contributed by atoms with Gasteiger partial charge < -0.3 is 15.4 Å². The molecule has 0 unspecified atom stereocenters. The predicted octanol–water partition coefficient (Wildman–Crippen LogP) is 4.12. The van der Waals surface area contributed by atoms with Gasteiger partial charge in [0.2, 0.25) is 11.8 Å². The Labute approximate surface area is 200 Å². The lowest BCUT2D eigenvalue weighted by atomic mass is 9.87. The summed E-state index contributed by atoms with van der Waals surface area (Å²) in [6.07, 6.45) is 3.60. The van der Waals surface area contributed by atoms with Gasteiger partial charge in [-0.05, 0) is 72.9 Å². The van der Waals surface area contributed by atoms with Crippen LogP contribution in [0.3, 0.4) is 0 Å². The predicted molar refractivity (Wildman–Crippen MR) is 130 cm³/mol. The van der Waals surface area contributed by atoms with Gasteiger partial charge >= 0.3 is 0 Å². The number of nitrogens with one attached hydrogen (secondary N) is 2. The second kappa shape index (κ2) is 10.6. The van der Waals surface area contributed by atoms with E-state index in [1.807, 2.05) is 18.2 Å². The molecule has 1 aliphatic carbocycles. The molecule has 4 rings (SSSR count). The summed E-state index contributed by atoms with van der Waals surface area (Å²) in [5.41, 5.74) is 2.86. The Bertz CT molecular complexity index is 995. The highest BCUT2D eigenvalue weighted by Gasteiger charge is 2.42. The molecule has 2 aromatic carbocycles. The summed E-state index contributed by atoms with van der Waals surface area (Å²) in [6.45, 7) is 4.22. The molecule has 2 N–H and O–H groups in total. The molecule has 1 saturated carbocycles. The van der Waals surface area contributed by atoms with Crippen molar-refractivity contribution in [3.63, 3.8) is 0 Å². The van der Waals surface area contributed by atoms with Crippen molar-refractivity contribution in [1.29, 1.82) is 0 Å². The van der Waals surface area contributed by atoms with Crippen molar-refractivity contribution < 1.29 is 14.3 Å². The van der Waals surface area contributed by atoms with Gasteiger partial charge in [0.25, 0.3) is 0 Å². The van der Waals surface area contributed by atoms with Crippen molar-refractivity contribution in [1.82, 2.24) is 10.2 Å². The number of likely N-dealkylation sites (tertiary alicyclic amines) is 1. The van der Waals surface area contributed by atoms with E-state index < -0.39 is 0 Å². The lowest BCUT2D eigenvalue weighted by molar-refractivity contribution is -0.122. The first kappa shape index (κ1) is 23.6. The minimum absolute atomic E-state index is 0.0104. The second-order valence-corrected chi connectivity index (χ2v) is 9.71. The topological polar surface area (TPSA) is 70.7 Å². The van der Waals surface area contributed by atoms with Crippen LogP contribution in [-0.4, -0.2) is 43.5 Å². The molecule has 0 spiro atoms. The zero-order valence-corrected chi connectivity index (χ0v) is 20.0. The minimum atomic E-state index is -0.135. The standard InChI is InChI=1S/C26H32ClN3O3/c1-17(31)29-23-9-10-25(33-2)21(12-23)13-28-26(32)16-30-14-20-6-5-19(24(20)15-30)11-18-3-7-22(27)8-4-18/h3-4,7-10,12,19-20,24H,5-6,11,13-16H2,1-2H3,(H,28,32)(H,29,31)/t19-,20-,24-/m1/s1. The van der Waals surface area contributed by atoms with E-state index in [1.54, 1.807) is 19.2 Å². The Morgan fingerprint density at radius 2 is 1.91 bits per heavy atom. The number of nitrogens with zero attached hydrogens (tertiary/aromatic N) is 1. The highest BCUT2D eigenvalue weighted by Crippen LogP contribution is 2.43. The molecule has 0 radical (unpaired) electrons. The number of halogens is 1. The smallest absolute Gasteiger partial charge is 0.234 e. The lowest BCUT2D eigenvalue weighted by Gasteiger charge is -2.21. The van der Waals surface area contributed by atoms with E-state index in [4.69, 9.17) is 16.3 Å². The lowest BCUT2D eigenvalue weighted by Crippen LogP contribution is -2.36. The molecule has 2 aliphatic rings. The largest absolute Gasteiger partial charge is 0.496 e. The van der Waals surface area contributed by atoms with Gasteiger partial charge in [0, 0.05) is 42.8 Å². The molecule has 1 aliphatic heterocycles. The van der Waals surface area contributed by atoms with Crippen molar-refractivity contribution in [2.24, 2.45) is 17.8 Å². The van der Waals surface area contributed by atoms with Crippen LogP contribution in [0.2, 0.25) is 5.02 Å². The summed E-state index contributed by atoms with van der Waals surface area (Å²) in [6, 6.07) is 13.6. The fourth-order valence-corrected chi connectivity index (χ4v) is 5.55. The zero-order valence-electron chi connectivity index (χ0n) is 19.3. The molecule has 6 nitrogen and oxygen atoms in total. The number of anilines is 1. The van der Waals surface area contributed by atoms with Gasteiger partial charge in [-0.3, -0.25) is 14.5 Å². The van der Waals surface area contributed by atoms with Crippen molar-refractivity contribution in [3.05, 3.63) is 58.6 Å². The normalized spacial score (nSPS) is 22.1. The summed E-state index contributed by atoms with van der Waals surface area (Å²) in [7, 11) is 1.60. The number of ether oxygens (including phenoxy) is 1. The average molecular weight is 470 g/mol. The highest BCUT2D eigenvalue weighted by atomic mass is 35.5. The van der Waals surface area contributed by atoms with Crippen molar-refractivity contribution in [2.75, 3.05) is 32.1 Å². The summed E-state index contributed by atoms with van der Waals surface area (Å²) < 4.78 is 5.41. The van der Waals surface area contributed by atoms with Crippen molar-refractivity contribution in [2.45, 2.75) is 32.7 Å². The molecule has 2 aromatic rings. The second-order valence-electron chi connectivity index (χ2n) is 9.27. The van der Waals surface area contributed by atoms with Crippen LogP contribution in [0, 0.1) is 17.8 Å². The molecule has 1 heterocycles. The number of hydrogen-bond donors (Lipinski definition) is 2. The third kappa shape index (κ3) is 6.06. The molecular formula is C26H32ClN3O3. The van der Waals surface area contributed by atoms with Crippen molar-refractivity contribution in [3.8, 4) is 5.75 Å². The molecule has 33 heavy (non-hydrogen) atoms. The first-order valence-corrected chi connectivity index (χ1v) is 12.0. The average Bonchev–Trinajstić information content (AvgIpc) is 3.34. The maximum atomic E-state index is 12.7. The first-order valence-electron chi connectivity index (χ1n) is 11.6. The third-order valence-corrected chi connectivity index (χ3v) is 7.19. The van der Waals surface area contributed by atoms with Gasteiger partial charge in [-0.2, -0.15) is 0 Å². The Balaban J connectivity index is 1.28.